The molecule has 3 N–H and O–H groups in total. The molecule has 0 aromatic heterocycles. The topological polar surface area (TPSA) is 79.5 Å². The van der Waals surface area contributed by atoms with Gasteiger partial charge in [-0.1, -0.05) is 60.7 Å². The highest BCUT2D eigenvalue weighted by Crippen LogP contribution is 2.17. The SMILES string of the molecule is CC(NC(=O)c1ccc(NC(=O)CNc2ccc(OCCCc3ccccc3)cc2)cc1)c1ccccc1. The molecule has 194 valence electrons. The molecule has 0 bridgehead atoms. The second kappa shape index (κ2) is 13.7. The number of anilines is 2. The van der Waals surface area contributed by atoms with Gasteiger partial charge in [-0.15, -0.1) is 0 Å². The number of hydrogen-bond acceptors (Lipinski definition) is 4. The molecular weight excluding hydrogens is 474 g/mol. The van der Waals surface area contributed by atoms with Crippen LogP contribution in [-0.4, -0.2) is 25.0 Å². The number of benzene rings is 4. The number of carbonyl (C=O) groups is 2. The van der Waals surface area contributed by atoms with E-state index in [0.29, 0.717) is 17.9 Å². The summed E-state index contributed by atoms with van der Waals surface area (Å²) in [6.07, 6.45) is 1.93. The maximum Gasteiger partial charge on any atom is 0.251 e. The highest BCUT2D eigenvalue weighted by atomic mass is 16.5. The van der Waals surface area contributed by atoms with Gasteiger partial charge in [-0.05, 0) is 79.4 Å². The predicted octanol–water partition coefficient (Wildman–Crippen LogP) is 6.24. The van der Waals surface area contributed by atoms with Crippen LogP contribution in [-0.2, 0) is 11.2 Å². The van der Waals surface area contributed by atoms with E-state index in [1.807, 2.05) is 79.7 Å². The number of ether oxygens (including phenoxy) is 1. The molecule has 0 spiro atoms. The van der Waals surface area contributed by atoms with Gasteiger partial charge in [-0.2, -0.15) is 0 Å². The van der Waals surface area contributed by atoms with Crippen LogP contribution in [0, 0.1) is 0 Å². The Bertz CT molecular complexity index is 1290. The van der Waals surface area contributed by atoms with Crippen LogP contribution in [0.1, 0.15) is 40.9 Å². The lowest BCUT2D eigenvalue weighted by Gasteiger charge is -2.14. The molecule has 0 aliphatic carbocycles. The minimum atomic E-state index is -0.180. The van der Waals surface area contributed by atoms with Crippen molar-refractivity contribution in [3.05, 3.63) is 126 Å². The minimum absolute atomic E-state index is 0.102. The summed E-state index contributed by atoms with van der Waals surface area (Å²) in [5.41, 5.74) is 4.34. The molecule has 0 saturated carbocycles. The number of rotatable bonds is 12. The average Bonchev–Trinajstić information content (AvgIpc) is 2.96. The lowest BCUT2D eigenvalue weighted by atomic mass is 10.1. The lowest BCUT2D eigenvalue weighted by Crippen LogP contribution is -2.26. The Morgan fingerprint density at radius 3 is 2.08 bits per heavy atom. The van der Waals surface area contributed by atoms with Gasteiger partial charge in [0.2, 0.25) is 5.91 Å². The Kier molecular flexibility index (Phi) is 9.51. The molecule has 6 heteroatoms. The molecule has 6 nitrogen and oxygen atoms in total. The largest absolute Gasteiger partial charge is 0.494 e. The summed E-state index contributed by atoms with van der Waals surface area (Å²) >= 11 is 0. The molecule has 4 rings (SSSR count). The van der Waals surface area contributed by atoms with Gasteiger partial charge in [0.1, 0.15) is 5.75 Å². The van der Waals surface area contributed by atoms with Crippen molar-refractivity contribution in [2.24, 2.45) is 0 Å². The number of nitrogens with one attached hydrogen (secondary N) is 3. The van der Waals surface area contributed by atoms with E-state index < -0.39 is 0 Å². The van der Waals surface area contributed by atoms with Crippen LogP contribution in [0.5, 0.6) is 5.75 Å². The van der Waals surface area contributed by atoms with Crippen molar-refractivity contribution in [3.8, 4) is 5.75 Å². The molecule has 0 fully saturated rings. The van der Waals surface area contributed by atoms with E-state index in [1.165, 1.54) is 5.56 Å². The highest BCUT2D eigenvalue weighted by Gasteiger charge is 2.11. The average molecular weight is 508 g/mol. The zero-order valence-corrected chi connectivity index (χ0v) is 21.5. The van der Waals surface area contributed by atoms with E-state index in [4.69, 9.17) is 4.74 Å². The molecule has 0 heterocycles. The van der Waals surface area contributed by atoms with E-state index in [2.05, 4.69) is 28.1 Å². The first-order valence-electron chi connectivity index (χ1n) is 12.8. The zero-order chi connectivity index (χ0) is 26.6. The lowest BCUT2D eigenvalue weighted by molar-refractivity contribution is -0.114. The molecular formula is C32H33N3O3. The van der Waals surface area contributed by atoms with Gasteiger partial charge in [0.15, 0.2) is 0 Å². The maximum absolute atomic E-state index is 12.6. The quantitative estimate of drug-likeness (QED) is 0.198. The first-order chi connectivity index (χ1) is 18.6. The Balaban J connectivity index is 1.16. The second-order valence-electron chi connectivity index (χ2n) is 9.05. The third-order valence-electron chi connectivity index (χ3n) is 6.11. The summed E-state index contributed by atoms with van der Waals surface area (Å²) in [5.74, 6) is 0.459. The summed E-state index contributed by atoms with van der Waals surface area (Å²) in [7, 11) is 0. The molecule has 4 aromatic carbocycles. The van der Waals surface area contributed by atoms with Crippen LogP contribution < -0.4 is 20.7 Å². The summed E-state index contributed by atoms with van der Waals surface area (Å²) in [6, 6.07) is 34.5. The van der Waals surface area contributed by atoms with Crippen molar-refractivity contribution in [3.63, 3.8) is 0 Å². The highest BCUT2D eigenvalue weighted by molar-refractivity contribution is 5.96. The van der Waals surface area contributed by atoms with E-state index in [9.17, 15) is 9.59 Å². The Morgan fingerprint density at radius 2 is 1.39 bits per heavy atom. The first kappa shape index (κ1) is 26.5. The van der Waals surface area contributed by atoms with Gasteiger partial charge in [-0.3, -0.25) is 9.59 Å². The number of aryl methyl sites for hydroxylation is 1. The first-order valence-corrected chi connectivity index (χ1v) is 12.8. The smallest absolute Gasteiger partial charge is 0.251 e. The fraction of sp³-hybridized carbons (Fsp3) is 0.188. The summed E-state index contributed by atoms with van der Waals surface area (Å²) in [6.45, 7) is 2.72. The van der Waals surface area contributed by atoms with E-state index >= 15 is 0 Å². The third kappa shape index (κ3) is 8.23. The Labute approximate surface area is 224 Å². The van der Waals surface area contributed by atoms with Crippen LogP contribution in [0.3, 0.4) is 0 Å². The van der Waals surface area contributed by atoms with Crippen molar-refractivity contribution < 1.29 is 14.3 Å². The molecule has 1 atom stereocenters. The van der Waals surface area contributed by atoms with Gasteiger partial charge in [0, 0.05) is 16.9 Å². The molecule has 0 aliphatic heterocycles. The predicted molar refractivity (Wildman–Crippen MR) is 153 cm³/mol. The second-order valence-corrected chi connectivity index (χ2v) is 9.05. The standard InChI is InChI=1S/C32H33N3O3/c1-24(26-12-6-3-7-13-26)34-32(37)27-14-16-29(17-15-27)35-31(36)23-33-28-18-20-30(21-19-28)38-22-8-11-25-9-4-2-5-10-25/h2-7,9-10,12-21,24,33H,8,11,22-23H2,1H3,(H,34,37)(H,35,36). The number of hydrogen-bond donors (Lipinski definition) is 3. The van der Waals surface area contributed by atoms with Crippen molar-refractivity contribution in [2.75, 3.05) is 23.8 Å². The van der Waals surface area contributed by atoms with Gasteiger partial charge in [0.05, 0.1) is 19.2 Å². The van der Waals surface area contributed by atoms with Crippen LogP contribution >= 0.6 is 0 Å². The summed E-state index contributed by atoms with van der Waals surface area (Å²) < 4.78 is 5.82. The van der Waals surface area contributed by atoms with E-state index in [0.717, 1.165) is 29.8 Å². The van der Waals surface area contributed by atoms with Gasteiger partial charge < -0.3 is 20.7 Å². The number of amides is 2. The minimum Gasteiger partial charge on any atom is -0.494 e. The number of carbonyl (C=O) groups excluding carboxylic acids is 2. The normalized spacial score (nSPS) is 11.3. The fourth-order valence-corrected chi connectivity index (χ4v) is 3.98. The van der Waals surface area contributed by atoms with Crippen LogP contribution in [0.25, 0.3) is 0 Å². The van der Waals surface area contributed by atoms with Gasteiger partial charge >= 0.3 is 0 Å². The zero-order valence-electron chi connectivity index (χ0n) is 21.5. The van der Waals surface area contributed by atoms with Gasteiger partial charge in [-0.25, -0.2) is 0 Å². The van der Waals surface area contributed by atoms with Crippen molar-refractivity contribution in [1.29, 1.82) is 0 Å². The molecule has 4 aromatic rings. The molecule has 2 amide bonds. The van der Waals surface area contributed by atoms with Crippen LogP contribution in [0.15, 0.2) is 109 Å². The molecule has 38 heavy (non-hydrogen) atoms. The monoisotopic (exact) mass is 507 g/mol. The molecule has 0 saturated heterocycles. The van der Waals surface area contributed by atoms with E-state index in [1.54, 1.807) is 24.3 Å². The Hall–Kier alpha value is -4.58. The van der Waals surface area contributed by atoms with Crippen molar-refractivity contribution >= 4 is 23.2 Å². The maximum atomic E-state index is 12.6. The third-order valence-corrected chi connectivity index (χ3v) is 6.11. The molecule has 0 aliphatic rings. The molecule has 1 unspecified atom stereocenters. The Morgan fingerprint density at radius 1 is 0.763 bits per heavy atom. The summed E-state index contributed by atoms with van der Waals surface area (Å²) in [5, 5.41) is 8.95. The van der Waals surface area contributed by atoms with Crippen LogP contribution in [0.2, 0.25) is 0 Å². The summed E-state index contributed by atoms with van der Waals surface area (Å²) in [4.78, 5) is 24.9. The van der Waals surface area contributed by atoms with E-state index in [-0.39, 0.29) is 24.4 Å². The fourth-order valence-electron chi connectivity index (χ4n) is 3.98. The van der Waals surface area contributed by atoms with Gasteiger partial charge in [0.25, 0.3) is 5.91 Å². The van der Waals surface area contributed by atoms with Crippen LogP contribution in [0.4, 0.5) is 11.4 Å². The van der Waals surface area contributed by atoms with Crippen molar-refractivity contribution in [1.82, 2.24) is 5.32 Å². The van der Waals surface area contributed by atoms with Crippen molar-refractivity contribution in [2.45, 2.75) is 25.8 Å². The molecule has 0 radical (unpaired) electrons.